The zero-order valence-electron chi connectivity index (χ0n) is 9.62. The van der Waals surface area contributed by atoms with Gasteiger partial charge in [-0.2, -0.15) is 13.2 Å². The Kier molecular flexibility index (Phi) is 3.21. The Balaban J connectivity index is 2.31. The van der Waals surface area contributed by atoms with Crippen molar-refractivity contribution >= 4 is 17.6 Å². The minimum absolute atomic E-state index is 0.00259. The van der Waals surface area contributed by atoms with Crippen molar-refractivity contribution in [3.63, 3.8) is 0 Å². The number of anilines is 1. The van der Waals surface area contributed by atoms with Gasteiger partial charge in [0.05, 0.1) is 17.9 Å². The van der Waals surface area contributed by atoms with Crippen molar-refractivity contribution in [3.8, 4) is 0 Å². The van der Waals surface area contributed by atoms with Crippen LogP contribution in [0.1, 0.15) is 17.5 Å². The van der Waals surface area contributed by atoms with E-state index in [-0.39, 0.29) is 6.42 Å². The lowest BCUT2D eigenvalue weighted by Crippen LogP contribution is -2.31. The molecule has 1 aromatic carbocycles. The molecule has 1 atom stereocenters. The summed E-state index contributed by atoms with van der Waals surface area (Å²) >= 11 is 0. The predicted octanol–water partition coefficient (Wildman–Crippen LogP) is 2.29. The molecule has 7 heteroatoms. The lowest BCUT2D eigenvalue weighted by Gasteiger charge is -2.24. The molecule has 1 aliphatic heterocycles. The van der Waals surface area contributed by atoms with Crippen LogP contribution < -0.4 is 5.32 Å². The maximum absolute atomic E-state index is 12.6. The Morgan fingerprint density at radius 3 is 2.68 bits per heavy atom. The van der Waals surface area contributed by atoms with Crippen LogP contribution >= 0.6 is 0 Å². The number of carbonyl (C=O) groups excluding carboxylic acids is 1. The van der Waals surface area contributed by atoms with E-state index < -0.39 is 36.0 Å². The highest BCUT2D eigenvalue weighted by molar-refractivity contribution is 5.97. The normalized spacial score (nSPS) is 18.7. The van der Waals surface area contributed by atoms with E-state index in [1.807, 2.05) is 0 Å². The summed E-state index contributed by atoms with van der Waals surface area (Å²) in [4.78, 5) is 22.2. The van der Waals surface area contributed by atoms with E-state index in [1.54, 1.807) is 0 Å². The quantitative estimate of drug-likeness (QED) is 0.868. The standard InChI is InChI=1S/C12H10F3NO3/c13-12(14,15)8-1-2-9-6(4-8)3-7(5-10(17)18)11(19)16-9/h1-2,4,7H,3,5H2,(H,16,19)(H,17,18). The van der Waals surface area contributed by atoms with Gasteiger partial charge in [-0.25, -0.2) is 0 Å². The molecule has 1 aliphatic rings. The second-order valence-electron chi connectivity index (χ2n) is 4.36. The number of aliphatic carboxylic acids is 1. The highest BCUT2D eigenvalue weighted by Gasteiger charge is 2.33. The number of carboxylic acid groups (broad SMARTS) is 1. The number of hydrogen-bond donors (Lipinski definition) is 2. The summed E-state index contributed by atoms with van der Waals surface area (Å²) < 4.78 is 37.7. The molecule has 1 amide bonds. The third kappa shape index (κ3) is 2.86. The first-order valence-electron chi connectivity index (χ1n) is 5.50. The van der Waals surface area contributed by atoms with E-state index in [2.05, 4.69) is 5.32 Å². The minimum atomic E-state index is -4.46. The van der Waals surface area contributed by atoms with E-state index in [9.17, 15) is 22.8 Å². The fourth-order valence-corrected chi connectivity index (χ4v) is 2.03. The molecule has 0 spiro atoms. The molecule has 2 N–H and O–H groups in total. The van der Waals surface area contributed by atoms with Gasteiger partial charge in [-0.05, 0) is 30.2 Å². The highest BCUT2D eigenvalue weighted by Crippen LogP contribution is 2.34. The summed E-state index contributed by atoms with van der Waals surface area (Å²) in [7, 11) is 0. The Labute approximate surface area is 106 Å². The minimum Gasteiger partial charge on any atom is -0.481 e. The van der Waals surface area contributed by atoms with E-state index in [1.165, 1.54) is 6.07 Å². The molecular formula is C12H10F3NO3. The first kappa shape index (κ1) is 13.4. The molecule has 0 aliphatic carbocycles. The van der Waals surface area contributed by atoms with E-state index >= 15 is 0 Å². The smallest absolute Gasteiger partial charge is 0.416 e. The summed E-state index contributed by atoms with van der Waals surface area (Å²) in [5.41, 5.74) is -0.197. The largest absolute Gasteiger partial charge is 0.481 e. The van der Waals surface area contributed by atoms with Crippen molar-refractivity contribution < 1.29 is 27.9 Å². The zero-order valence-corrected chi connectivity index (χ0v) is 9.62. The summed E-state index contributed by atoms with van der Waals surface area (Å²) in [5.74, 6) is -2.47. The van der Waals surface area contributed by atoms with E-state index in [0.29, 0.717) is 11.3 Å². The number of hydrogen-bond acceptors (Lipinski definition) is 2. The van der Waals surface area contributed by atoms with Crippen LogP contribution in [-0.4, -0.2) is 17.0 Å². The van der Waals surface area contributed by atoms with Crippen molar-refractivity contribution in [3.05, 3.63) is 29.3 Å². The van der Waals surface area contributed by atoms with Gasteiger partial charge in [0.2, 0.25) is 5.91 Å². The van der Waals surface area contributed by atoms with Crippen LogP contribution in [0.3, 0.4) is 0 Å². The van der Waals surface area contributed by atoms with Gasteiger partial charge in [-0.1, -0.05) is 0 Å². The number of amides is 1. The number of alkyl halides is 3. The van der Waals surface area contributed by atoms with Crippen molar-refractivity contribution in [1.82, 2.24) is 0 Å². The van der Waals surface area contributed by atoms with Gasteiger partial charge in [-0.3, -0.25) is 9.59 Å². The Bertz CT molecular complexity index is 540. The predicted molar refractivity (Wildman–Crippen MR) is 59.5 cm³/mol. The van der Waals surface area contributed by atoms with Gasteiger partial charge in [0.25, 0.3) is 0 Å². The van der Waals surface area contributed by atoms with Crippen LogP contribution in [0.4, 0.5) is 18.9 Å². The molecule has 0 bridgehead atoms. The average Bonchev–Trinajstić information content (AvgIpc) is 2.27. The summed E-state index contributed by atoms with van der Waals surface area (Å²) in [6, 6.07) is 3.02. The van der Waals surface area contributed by atoms with Crippen molar-refractivity contribution in [2.24, 2.45) is 5.92 Å². The zero-order chi connectivity index (χ0) is 14.2. The van der Waals surface area contributed by atoms with Gasteiger partial charge in [-0.15, -0.1) is 0 Å². The summed E-state index contributed by atoms with van der Waals surface area (Å²) in [5, 5.41) is 11.1. The number of carboxylic acids is 1. The molecular weight excluding hydrogens is 263 g/mol. The number of halogens is 3. The highest BCUT2D eigenvalue weighted by atomic mass is 19.4. The molecule has 0 radical (unpaired) electrons. The lowest BCUT2D eigenvalue weighted by molar-refractivity contribution is -0.140. The molecule has 1 heterocycles. The number of fused-ring (bicyclic) bond motifs is 1. The van der Waals surface area contributed by atoms with E-state index in [0.717, 1.165) is 12.1 Å². The number of carbonyl (C=O) groups is 2. The first-order valence-corrected chi connectivity index (χ1v) is 5.50. The molecule has 102 valence electrons. The second-order valence-corrected chi connectivity index (χ2v) is 4.36. The third-order valence-electron chi connectivity index (χ3n) is 2.95. The van der Waals surface area contributed by atoms with Gasteiger partial charge in [0, 0.05) is 5.69 Å². The van der Waals surface area contributed by atoms with E-state index in [4.69, 9.17) is 5.11 Å². The van der Waals surface area contributed by atoms with Crippen LogP contribution in [-0.2, 0) is 22.2 Å². The average molecular weight is 273 g/mol. The topological polar surface area (TPSA) is 66.4 Å². The van der Waals surface area contributed by atoms with Crippen LogP contribution in [0.25, 0.3) is 0 Å². The monoisotopic (exact) mass is 273 g/mol. The molecule has 1 unspecified atom stereocenters. The summed E-state index contributed by atoms with van der Waals surface area (Å²) in [6.07, 6.45) is -4.86. The first-order chi connectivity index (χ1) is 8.77. The van der Waals surface area contributed by atoms with Crippen molar-refractivity contribution in [1.29, 1.82) is 0 Å². The van der Waals surface area contributed by atoms with Gasteiger partial charge in [0.1, 0.15) is 0 Å². The van der Waals surface area contributed by atoms with Gasteiger partial charge in [0.15, 0.2) is 0 Å². The molecule has 4 nitrogen and oxygen atoms in total. The van der Waals surface area contributed by atoms with Gasteiger partial charge < -0.3 is 10.4 Å². The Morgan fingerprint density at radius 2 is 2.11 bits per heavy atom. The molecule has 19 heavy (non-hydrogen) atoms. The molecule has 0 saturated heterocycles. The van der Waals surface area contributed by atoms with Crippen LogP contribution in [0.2, 0.25) is 0 Å². The lowest BCUT2D eigenvalue weighted by atomic mass is 9.90. The molecule has 2 rings (SSSR count). The van der Waals surface area contributed by atoms with Crippen LogP contribution in [0.5, 0.6) is 0 Å². The molecule has 0 saturated carbocycles. The van der Waals surface area contributed by atoms with Crippen molar-refractivity contribution in [2.75, 3.05) is 5.32 Å². The van der Waals surface area contributed by atoms with Gasteiger partial charge >= 0.3 is 12.1 Å². The van der Waals surface area contributed by atoms with Crippen LogP contribution in [0.15, 0.2) is 18.2 Å². The second kappa shape index (κ2) is 4.56. The van der Waals surface area contributed by atoms with Crippen LogP contribution in [0, 0.1) is 5.92 Å². The SMILES string of the molecule is O=C(O)CC1Cc2cc(C(F)(F)F)ccc2NC1=O. The molecule has 0 aromatic heterocycles. The Hall–Kier alpha value is -2.05. The molecule has 0 fully saturated rings. The number of benzene rings is 1. The fraction of sp³-hybridized carbons (Fsp3) is 0.333. The third-order valence-corrected chi connectivity index (χ3v) is 2.95. The van der Waals surface area contributed by atoms with Crippen molar-refractivity contribution in [2.45, 2.75) is 19.0 Å². The maximum Gasteiger partial charge on any atom is 0.416 e. The Morgan fingerprint density at radius 1 is 1.42 bits per heavy atom. The summed E-state index contributed by atoms with van der Waals surface area (Å²) in [6.45, 7) is 0. The number of nitrogens with one attached hydrogen (secondary N) is 1. The fourth-order valence-electron chi connectivity index (χ4n) is 2.03. The number of rotatable bonds is 2. The molecule has 1 aromatic rings. The maximum atomic E-state index is 12.6.